The lowest BCUT2D eigenvalue weighted by molar-refractivity contribution is -0.115. The van der Waals surface area contributed by atoms with Crippen molar-refractivity contribution in [3.05, 3.63) is 77.9 Å². The smallest absolute Gasteiger partial charge is 0.242 e. The van der Waals surface area contributed by atoms with Crippen molar-refractivity contribution in [2.75, 3.05) is 12.4 Å². The van der Waals surface area contributed by atoms with Gasteiger partial charge in [-0.05, 0) is 37.1 Å². The van der Waals surface area contributed by atoms with Gasteiger partial charge in [0.2, 0.25) is 5.91 Å². The number of sulfone groups is 1. The molecule has 1 atom stereocenters. The third kappa shape index (κ3) is 5.07. The molecule has 0 saturated heterocycles. The van der Waals surface area contributed by atoms with Gasteiger partial charge in [-0.2, -0.15) is 0 Å². The van der Waals surface area contributed by atoms with Crippen molar-refractivity contribution >= 4 is 21.4 Å². The number of aryl methyl sites for hydroxylation is 1. The van der Waals surface area contributed by atoms with Crippen LogP contribution in [0.3, 0.4) is 0 Å². The minimum atomic E-state index is -3.78. The maximum Gasteiger partial charge on any atom is 0.242 e. The lowest BCUT2D eigenvalue weighted by Crippen LogP contribution is -2.34. The van der Waals surface area contributed by atoms with Crippen molar-refractivity contribution in [3.63, 3.8) is 0 Å². The minimum Gasteiger partial charge on any atom is -0.495 e. The molecule has 2 aromatic carbocycles. The van der Waals surface area contributed by atoms with Gasteiger partial charge in [0.05, 0.1) is 12.8 Å². The molecule has 0 aliphatic rings. The van der Waals surface area contributed by atoms with Crippen molar-refractivity contribution in [2.45, 2.75) is 31.4 Å². The maximum absolute atomic E-state index is 12.9. The quantitative estimate of drug-likeness (QED) is 0.596. The van der Waals surface area contributed by atoms with Crippen LogP contribution in [0.1, 0.15) is 23.9 Å². The lowest BCUT2D eigenvalue weighted by atomic mass is 10.2. The van der Waals surface area contributed by atoms with Crippen LogP contribution >= 0.6 is 0 Å². The molecule has 0 fully saturated rings. The van der Waals surface area contributed by atoms with E-state index in [1.165, 1.54) is 14.0 Å². The predicted octanol–water partition coefficient (Wildman–Crippen LogP) is 3.19. The maximum atomic E-state index is 12.9. The van der Waals surface area contributed by atoms with Crippen LogP contribution in [-0.4, -0.2) is 36.2 Å². The van der Waals surface area contributed by atoms with Crippen LogP contribution in [0, 0.1) is 6.92 Å². The summed E-state index contributed by atoms with van der Waals surface area (Å²) in [6.07, 6.45) is 3.30. The first-order chi connectivity index (χ1) is 14.3. The largest absolute Gasteiger partial charge is 0.495 e. The first-order valence-electron chi connectivity index (χ1n) is 9.51. The van der Waals surface area contributed by atoms with Crippen molar-refractivity contribution < 1.29 is 17.9 Å². The normalized spacial score (nSPS) is 12.4. The predicted molar refractivity (Wildman–Crippen MR) is 116 cm³/mol. The summed E-state index contributed by atoms with van der Waals surface area (Å²) < 4.78 is 32.8. The van der Waals surface area contributed by atoms with Gasteiger partial charge in [-0.25, -0.2) is 13.4 Å². The van der Waals surface area contributed by atoms with Gasteiger partial charge in [0, 0.05) is 18.9 Å². The topological polar surface area (TPSA) is 90.3 Å². The number of amides is 1. The molecule has 0 spiro atoms. The number of ether oxygens (including phenoxy) is 1. The van der Waals surface area contributed by atoms with Gasteiger partial charge < -0.3 is 14.6 Å². The number of imidazole rings is 1. The fourth-order valence-corrected chi connectivity index (χ4v) is 4.26. The van der Waals surface area contributed by atoms with E-state index in [9.17, 15) is 13.2 Å². The van der Waals surface area contributed by atoms with E-state index < -0.39 is 21.0 Å². The van der Waals surface area contributed by atoms with Gasteiger partial charge in [-0.3, -0.25) is 4.79 Å². The molecular weight excluding hydrogens is 402 g/mol. The van der Waals surface area contributed by atoms with Gasteiger partial charge in [-0.1, -0.05) is 36.4 Å². The molecule has 30 heavy (non-hydrogen) atoms. The van der Waals surface area contributed by atoms with Crippen molar-refractivity contribution in [2.24, 2.45) is 0 Å². The Hall–Kier alpha value is -3.13. The molecule has 0 bridgehead atoms. The molecule has 0 radical (unpaired) electrons. The first kappa shape index (κ1) is 21.6. The average molecular weight is 428 g/mol. The van der Waals surface area contributed by atoms with Crippen LogP contribution in [0.25, 0.3) is 0 Å². The Balaban J connectivity index is 1.74. The third-order valence-electron chi connectivity index (χ3n) is 4.85. The zero-order chi connectivity index (χ0) is 21.7. The number of methoxy groups -OCH3 is 1. The minimum absolute atomic E-state index is 0.327. The van der Waals surface area contributed by atoms with Gasteiger partial charge in [-0.15, -0.1) is 0 Å². The molecule has 1 amide bonds. The number of hydrogen-bond donors (Lipinski definition) is 1. The van der Waals surface area contributed by atoms with E-state index in [1.807, 2.05) is 43.3 Å². The molecule has 1 heterocycles. The van der Waals surface area contributed by atoms with Crippen molar-refractivity contribution in [1.29, 1.82) is 0 Å². The Morgan fingerprint density at radius 3 is 2.63 bits per heavy atom. The summed E-state index contributed by atoms with van der Waals surface area (Å²) in [7, 11) is -2.29. The van der Waals surface area contributed by atoms with E-state index in [0.717, 1.165) is 11.1 Å². The summed E-state index contributed by atoms with van der Waals surface area (Å²) in [5.41, 5.74) is 2.39. The van der Waals surface area contributed by atoms with E-state index in [0.29, 0.717) is 23.8 Å². The molecule has 3 rings (SSSR count). The Morgan fingerprint density at radius 1 is 1.20 bits per heavy atom. The third-order valence-corrected chi connectivity index (χ3v) is 6.80. The molecular formula is C22H25N3O4S. The molecule has 0 aliphatic heterocycles. The Labute approximate surface area is 176 Å². The number of nitrogens with one attached hydrogen (secondary N) is 1. The van der Waals surface area contributed by atoms with Crippen molar-refractivity contribution in [1.82, 2.24) is 9.55 Å². The second-order valence-corrected chi connectivity index (χ2v) is 9.42. The highest BCUT2D eigenvalue weighted by molar-refractivity contribution is 7.92. The lowest BCUT2D eigenvalue weighted by Gasteiger charge is -2.16. The van der Waals surface area contributed by atoms with Crippen LogP contribution in [0.5, 0.6) is 5.75 Å². The molecule has 1 aromatic heterocycles. The first-order valence-corrected chi connectivity index (χ1v) is 11.2. The van der Waals surface area contributed by atoms with E-state index in [-0.39, 0.29) is 5.75 Å². The summed E-state index contributed by atoms with van der Waals surface area (Å²) in [5, 5.41) is 1.43. The molecule has 3 aromatic rings. The fourth-order valence-electron chi connectivity index (χ4n) is 3.03. The van der Waals surface area contributed by atoms with Gasteiger partial charge in [0.1, 0.15) is 22.6 Å². The molecule has 0 saturated carbocycles. The van der Waals surface area contributed by atoms with E-state index >= 15 is 0 Å². The number of nitrogens with zero attached hydrogens (tertiary/aromatic N) is 2. The van der Waals surface area contributed by atoms with Crippen LogP contribution in [-0.2, 0) is 26.9 Å². The number of benzene rings is 2. The SMILES string of the molecule is COc1ccc(C)cc1NC(=O)C(C)S(=O)(=O)Cc1nccn1Cc1ccccc1. The second-order valence-electron chi connectivity index (χ2n) is 7.10. The van der Waals surface area contributed by atoms with Crippen LogP contribution in [0.15, 0.2) is 60.9 Å². The molecule has 1 N–H and O–H groups in total. The Morgan fingerprint density at radius 2 is 1.93 bits per heavy atom. The number of carbonyl (C=O) groups excluding carboxylic acids is 1. The van der Waals surface area contributed by atoms with Crippen LogP contribution in [0.2, 0.25) is 0 Å². The summed E-state index contributed by atoms with van der Waals surface area (Å²) in [6, 6.07) is 15.0. The highest BCUT2D eigenvalue weighted by Gasteiger charge is 2.30. The summed E-state index contributed by atoms with van der Waals surface area (Å²) in [5.74, 6) is -0.0736. The molecule has 0 aliphatic carbocycles. The zero-order valence-electron chi connectivity index (χ0n) is 17.2. The number of aromatic nitrogens is 2. The Bertz CT molecular complexity index is 1120. The van der Waals surface area contributed by atoms with Crippen LogP contribution in [0.4, 0.5) is 5.69 Å². The summed E-state index contributed by atoms with van der Waals surface area (Å²) in [6.45, 7) is 3.77. The van der Waals surface area contributed by atoms with Crippen molar-refractivity contribution in [3.8, 4) is 5.75 Å². The number of rotatable bonds is 8. The highest BCUT2D eigenvalue weighted by Crippen LogP contribution is 2.26. The van der Waals surface area contributed by atoms with E-state index in [1.54, 1.807) is 29.1 Å². The number of hydrogen-bond acceptors (Lipinski definition) is 5. The molecule has 158 valence electrons. The Kier molecular flexibility index (Phi) is 6.56. The molecule has 1 unspecified atom stereocenters. The number of anilines is 1. The summed E-state index contributed by atoms with van der Waals surface area (Å²) >= 11 is 0. The second kappa shape index (κ2) is 9.13. The standard InChI is InChI=1S/C22H25N3O4S/c1-16-9-10-20(29-3)19(13-16)24-22(26)17(2)30(27,28)15-21-23-11-12-25(21)14-18-7-5-4-6-8-18/h4-13,17H,14-15H2,1-3H3,(H,24,26). The van der Waals surface area contributed by atoms with Crippen LogP contribution < -0.4 is 10.1 Å². The zero-order valence-corrected chi connectivity index (χ0v) is 18.0. The highest BCUT2D eigenvalue weighted by atomic mass is 32.2. The summed E-state index contributed by atoms with van der Waals surface area (Å²) in [4.78, 5) is 16.9. The van der Waals surface area contributed by atoms with Gasteiger partial charge in [0.15, 0.2) is 9.84 Å². The van der Waals surface area contributed by atoms with E-state index in [2.05, 4.69) is 10.3 Å². The van der Waals surface area contributed by atoms with Gasteiger partial charge in [0.25, 0.3) is 0 Å². The molecule has 7 nitrogen and oxygen atoms in total. The monoisotopic (exact) mass is 427 g/mol. The van der Waals surface area contributed by atoms with E-state index in [4.69, 9.17) is 4.74 Å². The molecule has 8 heteroatoms. The average Bonchev–Trinajstić information content (AvgIpc) is 3.14. The fraction of sp³-hybridized carbons (Fsp3) is 0.273. The van der Waals surface area contributed by atoms with Gasteiger partial charge >= 0.3 is 0 Å². The number of carbonyl (C=O) groups is 1.